The van der Waals surface area contributed by atoms with Gasteiger partial charge in [-0.2, -0.15) is 0 Å². The van der Waals surface area contributed by atoms with Crippen LogP contribution in [-0.2, 0) is 5.54 Å². The summed E-state index contributed by atoms with van der Waals surface area (Å²) in [4.78, 5) is 0. The topological polar surface area (TPSA) is 12.0 Å². The lowest BCUT2D eigenvalue weighted by molar-refractivity contribution is 0.328. The standard InChI is InChI=1S/C16H26BrN/c1-12(2)6-7-13(3)18-16(4,5)14-8-10-15(17)11-9-14/h8-13,18H,6-7H2,1-5H3. The van der Waals surface area contributed by atoms with E-state index < -0.39 is 0 Å². The fraction of sp³-hybridized carbons (Fsp3) is 0.625. The van der Waals surface area contributed by atoms with E-state index >= 15 is 0 Å². The molecule has 1 unspecified atom stereocenters. The van der Waals surface area contributed by atoms with Crippen LogP contribution in [-0.4, -0.2) is 6.04 Å². The third-order valence-electron chi connectivity index (χ3n) is 3.35. The molecule has 0 amide bonds. The maximum Gasteiger partial charge on any atom is 0.0379 e. The first-order chi connectivity index (χ1) is 8.31. The molecule has 0 radical (unpaired) electrons. The van der Waals surface area contributed by atoms with Gasteiger partial charge in [-0.25, -0.2) is 0 Å². The smallest absolute Gasteiger partial charge is 0.0379 e. The van der Waals surface area contributed by atoms with Crippen molar-refractivity contribution < 1.29 is 0 Å². The van der Waals surface area contributed by atoms with Gasteiger partial charge in [-0.3, -0.25) is 0 Å². The second-order valence-electron chi connectivity index (χ2n) is 6.15. The summed E-state index contributed by atoms with van der Waals surface area (Å²) >= 11 is 3.48. The monoisotopic (exact) mass is 311 g/mol. The number of rotatable bonds is 6. The first kappa shape index (κ1) is 15.7. The van der Waals surface area contributed by atoms with Gasteiger partial charge in [-0.05, 0) is 57.2 Å². The Morgan fingerprint density at radius 2 is 1.61 bits per heavy atom. The van der Waals surface area contributed by atoms with Crippen molar-refractivity contribution in [2.75, 3.05) is 0 Å². The van der Waals surface area contributed by atoms with Crippen molar-refractivity contribution in [2.45, 2.75) is 59.0 Å². The van der Waals surface area contributed by atoms with Gasteiger partial charge in [0.2, 0.25) is 0 Å². The highest BCUT2D eigenvalue weighted by Crippen LogP contribution is 2.23. The molecular formula is C16H26BrN. The highest BCUT2D eigenvalue weighted by Gasteiger charge is 2.22. The van der Waals surface area contributed by atoms with E-state index in [-0.39, 0.29) is 5.54 Å². The molecule has 18 heavy (non-hydrogen) atoms. The van der Waals surface area contributed by atoms with Gasteiger partial charge in [0.05, 0.1) is 0 Å². The molecule has 1 atom stereocenters. The molecular weight excluding hydrogens is 286 g/mol. The van der Waals surface area contributed by atoms with E-state index in [0.717, 1.165) is 10.4 Å². The van der Waals surface area contributed by atoms with Gasteiger partial charge >= 0.3 is 0 Å². The molecule has 0 bridgehead atoms. The third kappa shape index (κ3) is 5.11. The SMILES string of the molecule is CC(C)CCC(C)NC(C)(C)c1ccc(Br)cc1. The van der Waals surface area contributed by atoms with Crippen LogP contribution in [0.1, 0.15) is 53.0 Å². The van der Waals surface area contributed by atoms with Crippen LogP contribution in [0, 0.1) is 5.92 Å². The zero-order chi connectivity index (χ0) is 13.8. The number of hydrogen-bond acceptors (Lipinski definition) is 1. The van der Waals surface area contributed by atoms with Gasteiger partial charge in [0.25, 0.3) is 0 Å². The highest BCUT2D eigenvalue weighted by molar-refractivity contribution is 9.10. The largest absolute Gasteiger partial charge is 0.305 e. The van der Waals surface area contributed by atoms with Crippen LogP contribution in [0.3, 0.4) is 0 Å². The molecule has 1 N–H and O–H groups in total. The van der Waals surface area contributed by atoms with E-state index in [1.165, 1.54) is 18.4 Å². The maximum atomic E-state index is 3.73. The fourth-order valence-corrected chi connectivity index (χ4v) is 2.49. The highest BCUT2D eigenvalue weighted by atomic mass is 79.9. The molecule has 1 nitrogen and oxygen atoms in total. The lowest BCUT2D eigenvalue weighted by atomic mass is 9.92. The lowest BCUT2D eigenvalue weighted by Gasteiger charge is -2.31. The Kier molecular flexibility index (Phi) is 5.87. The van der Waals surface area contributed by atoms with E-state index in [4.69, 9.17) is 0 Å². The minimum Gasteiger partial charge on any atom is -0.305 e. The van der Waals surface area contributed by atoms with E-state index in [1.807, 2.05) is 0 Å². The molecule has 1 aromatic carbocycles. The molecule has 1 rings (SSSR count). The summed E-state index contributed by atoms with van der Waals surface area (Å²) in [5, 5.41) is 3.73. The van der Waals surface area contributed by atoms with Gasteiger partial charge in [-0.15, -0.1) is 0 Å². The van der Waals surface area contributed by atoms with Gasteiger partial charge in [-0.1, -0.05) is 41.9 Å². The molecule has 0 spiro atoms. The predicted octanol–water partition coefficient (Wildman–Crippen LogP) is 5.10. The molecule has 0 aliphatic heterocycles. The second kappa shape index (κ2) is 6.72. The average molecular weight is 312 g/mol. The van der Waals surface area contributed by atoms with Crippen molar-refractivity contribution in [3.8, 4) is 0 Å². The van der Waals surface area contributed by atoms with Crippen LogP contribution in [0.5, 0.6) is 0 Å². The number of hydrogen-bond donors (Lipinski definition) is 1. The average Bonchev–Trinajstić information content (AvgIpc) is 2.26. The molecule has 2 heteroatoms. The van der Waals surface area contributed by atoms with Gasteiger partial charge in [0.15, 0.2) is 0 Å². The van der Waals surface area contributed by atoms with Crippen LogP contribution in [0.4, 0.5) is 0 Å². The van der Waals surface area contributed by atoms with Crippen LogP contribution >= 0.6 is 15.9 Å². The Labute approximate surface area is 120 Å². The van der Waals surface area contributed by atoms with Crippen LogP contribution in [0.25, 0.3) is 0 Å². The zero-order valence-corrected chi connectivity index (χ0v) is 13.8. The van der Waals surface area contributed by atoms with Gasteiger partial charge in [0, 0.05) is 16.1 Å². The van der Waals surface area contributed by atoms with Crippen molar-refractivity contribution >= 4 is 15.9 Å². The molecule has 0 aromatic heterocycles. The quantitative estimate of drug-likeness (QED) is 0.770. The predicted molar refractivity (Wildman–Crippen MR) is 83.8 cm³/mol. The molecule has 0 saturated carbocycles. The van der Waals surface area contributed by atoms with Crippen molar-refractivity contribution in [3.05, 3.63) is 34.3 Å². The second-order valence-corrected chi connectivity index (χ2v) is 7.06. The van der Waals surface area contributed by atoms with E-state index in [2.05, 4.69) is 80.1 Å². The molecule has 0 aliphatic rings. The van der Waals surface area contributed by atoms with E-state index in [0.29, 0.717) is 6.04 Å². The summed E-state index contributed by atoms with van der Waals surface area (Å²) in [6.07, 6.45) is 2.52. The minimum absolute atomic E-state index is 0.0249. The van der Waals surface area contributed by atoms with Crippen molar-refractivity contribution in [1.29, 1.82) is 0 Å². The number of halogens is 1. The Balaban J connectivity index is 2.60. The number of nitrogens with one attached hydrogen (secondary N) is 1. The summed E-state index contributed by atoms with van der Waals surface area (Å²) in [7, 11) is 0. The Hall–Kier alpha value is -0.340. The molecule has 0 saturated heterocycles. The van der Waals surface area contributed by atoms with E-state index in [9.17, 15) is 0 Å². The van der Waals surface area contributed by atoms with E-state index in [1.54, 1.807) is 0 Å². The fourth-order valence-electron chi connectivity index (χ4n) is 2.22. The first-order valence-electron chi connectivity index (χ1n) is 6.85. The molecule has 1 aromatic rings. The lowest BCUT2D eigenvalue weighted by Crippen LogP contribution is -2.42. The van der Waals surface area contributed by atoms with Crippen molar-refractivity contribution in [2.24, 2.45) is 5.92 Å². The van der Waals surface area contributed by atoms with Crippen LogP contribution < -0.4 is 5.32 Å². The molecule has 0 fully saturated rings. The van der Waals surface area contributed by atoms with Crippen molar-refractivity contribution in [3.63, 3.8) is 0 Å². The normalized spacial score (nSPS) is 13.9. The van der Waals surface area contributed by atoms with Gasteiger partial charge < -0.3 is 5.32 Å². The molecule has 102 valence electrons. The molecule has 0 aliphatic carbocycles. The summed E-state index contributed by atoms with van der Waals surface area (Å²) in [6.45, 7) is 11.4. The first-order valence-corrected chi connectivity index (χ1v) is 7.64. The van der Waals surface area contributed by atoms with Crippen LogP contribution in [0.15, 0.2) is 28.7 Å². The molecule has 0 heterocycles. The summed E-state index contributed by atoms with van der Waals surface area (Å²) in [5.74, 6) is 0.782. The third-order valence-corrected chi connectivity index (χ3v) is 3.88. The Morgan fingerprint density at radius 1 is 1.06 bits per heavy atom. The maximum absolute atomic E-state index is 3.73. The summed E-state index contributed by atoms with van der Waals surface area (Å²) in [6, 6.07) is 9.14. The number of benzene rings is 1. The minimum atomic E-state index is 0.0249. The summed E-state index contributed by atoms with van der Waals surface area (Å²) in [5.41, 5.74) is 1.36. The Bertz CT molecular complexity index is 354. The zero-order valence-electron chi connectivity index (χ0n) is 12.3. The Morgan fingerprint density at radius 3 is 2.11 bits per heavy atom. The van der Waals surface area contributed by atoms with Gasteiger partial charge in [0.1, 0.15) is 0 Å². The van der Waals surface area contributed by atoms with Crippen molar-refractivity contribution in [1.82, 2.24) is 5.32 Å². The summed E-state index contributed by atoms with van der Waals surface area (Å²) < 4.78 is 1.13. The van der Waals surface area contributed by atoms with Crippen LogP contribution in [0.2, 0.25) is 0 Å².